The Labute approximate surface area is 87.5 Å². The largest absolute Gasteiger partial charge is 0.396 e. The summed E-state index contributed by atoms with van der Waals surface area (Å²) in [5.74, 6) is 0.504. The molecule has 0 spiro atoms. The van der Waals surface area contributed by atoms with Gasteiger partial charge in [-0.25, -0.2) is 0 Å². The zero-order valence-corrected chi connectivity index (χ0v) is 9.88. The molecule has 0 heterocycles. The first-order valence-corrected chi connectivity index (χ1v) is 5.48. The first-order valence-electron chi connectivity index (χ1n) is 5.48. The van der Waals surface area contributed by atoms with Gasteiger partial charge >= 0.3 is 0 Å². The van der Waals surface area contributed by atoms with Crippen LogP contribution in [0.3, 0.4) is 0 Å². The van der Waals surface area contributed by atoms with Crippen LogP contribution < -0.4 is 5.32 Å². The average molecular weight is 203 g/mol. The third kappa shape index (κ3) is 5.58. The molecule has 2 atom stereocenters. The Morgan fingerprint density at radius 2 is 1.93 bits per heavy atom. The molecule has 0 aliphatic carbocycles. The molecule has 3 N–H and O–H groups in total. The molecule has 86 valence electrons. The Balaban J connectivity index is 3.79. The van der Waals surface area contributed by atoms with Crippen molar-refractivity contribution in [3.05, 3.63) is 0 Å². The van der Waals surface area contributed by atoms with Crippen molar-refractivity contribution < 1.29 is 10.2 Å². The standard InChI is InChI=1S/C11H25NO2/c1-5-10(6-7-13)8-12-9(2)11(3,4)14/h9-10,12-14H,5-8H2,1-4H3. The summed E-state index contributed by atoms with van der Waals surface area (Å²) >= 11 is 0. The van der Waals surface area contributed by atoms with Crippen molar-refractivity contribution in [2.45, 2.75) is 52.2 Å². The van der Waals surface area contributed by atoms with E-state index in [4.69, 9.17) is 5.11 Å². The second kappa shape index (κ2) is 6.38. The minimum atomic E-state index is -0.683. The molecule has 0 aromatic heterocycles. The Bertz CT molecular complexity index is 143. The molecule has 0 radical (unpaired) electrons. The molecule has 0 aromatic carbocycles. The van der Waals surface area contributed by atoms with Gasteiger partial charge in [-0.15, -0.1) is 0 Å². The smallest absolute Gasteiger partial charge is 0.0741 e. The van der Waals surface area contributed by atoms with Gasteiger partial charge in [0.15, 0.2) is 0 Å². The van der Waals surface area contributed by atoms with Crippen molar-refractivity contribution in [1.29, 1.82) is 0 Å². The molecule has 14 heavy (non-hydrogen) atoms. The van der Waals surface area contributed by atoms with E-state index in [2.05, 4.69) is 12.2 Å². The van der Waals surface area contributed by atoms with Crippen molar-refractivity contribution in [2.75, 3.05) is 13.2 Å². The van der Waals surface area contributed by atoms with Gasteiger partial charge < -0.3 is 15.5 Å². The fourth-order valence-electron chi connectivity index (χ4n) is 1.23. The molecule has 0 saturated carbocycles. The number of rotatable bonds is 7. The highest BCUT2D eigenvalue weighted by atomic mass is 16.3. The van der Waals surface area contributed by atoms with Crippen molar-refractivity contribution in [3.63, 3.8) is 0 Å². The average Bonchev–Trinajstić information content (AvgIpc) is 2.10. The van der Waals surface area contributed by atoms with Gasteiger partial charge in [-0.1, -0.05) is 13.3 Å². The van der Waals surface area contributed by atoms with Gasteiger partial charge in [0.2, 0.25) is 0 Å². The van der Waals surface area contributed by atoms with Crippen LogP contribution in [0.5, 0.6) is 0 Å². The van der Waals surface area contributed by atoms with Gasteiger partial charge in [0, 0.05) is 12.6 Å². The molecule has 0 saturated heterocycles. The molecule has 0 bridgehead atoms. The van der Waals surface area contributed by atoms with Gasteiger partial charge in [-0.05, 0) is 39.7 Å². The highest BCUT2D eigenvalue weighted by Crippen LogP contribution is 2.10. The van der Waals surface area contributed by atoms with E-state index in [-0.39, 0.29) is 12.6 Å². The lowest BCUT2D eigenvalue weighted by Crippen LogP contribution is -2.46. The number of aliphatic hydroxyl groups excluding tert-OH is 1. The maximum Gasteiger partial charge on any atom is 0.0741 e. The van der Waals surface area contributed by atoms with E-state index >= 15 is 0 Å². The SMILES string of the molecule is CCC(CCO)CNC(C)C(C)(C)O. The molecule has 0 aromatic rings. The fourth-order valence-corrected chi connectivity index (χ4v) is 1.23. The monoisotopic (exact) mass is 203 g/mol. The fraction of sp³-hybridized carbons (Fsp3) is 1.00. The van der Waals surface area contributed by atoms with Crippen molar-refractivity contribution >= 4 is 0 Å². The van der Waals surface area contributed by atoms with Crippen molar-refractivity contribution in [3.8, 4) is 0 Å². The Morgan fingerprint density at radius 1 is 1.36 bits per heavy atom. The molecule has 3 heteroatoms. The second-order valence-corrected chi connectivity index (χ2v) is 4.57. The van der Waals surface area contributed by atoms with E-state index in [0.29, 0.717) is 5.92 Å². The topological polar surface area (TPSA) is 52.5 Å². The summed E-state index contributed by atoms with van der Waals surface area (Å²) in [5, 5.41) is 21.8. The summed E-state index contributed by atoms with van der Waals surface area (Å²) in [6.45, 7) is 8.82. The molecule has 0 aliphatic heterocycles. The van der Waals surface area contributed by atoms with E-state index in [1.807, 2.05) is 6.92 Å². The van der Waals surface area contributed by atoms with Crippen LogP contribution in [0.4, 0.5) is 0 Å². The Morgan fingerprint density at radius 3 is 2.29 bits per heavy atom. The highest BCUT2D eigenvalue weighted by Gasteiger charge is 2.22. The lowest BCUT2D eigenvalue weighted by molar-refractivity contribution is 0.0424. The third-order valence-corrected chi connectivity index (χ3v) is 2.89. The van der Waals surface area contributed by atoms with Crippen LogP contribution in [0, 0.1) is 5.92 Å². The van der Waals surface area contributed by atoms with E-state index in [1.54, 1.807) is 13.8 Å². The zero-order chi connectivity index (χ0) is 11.2. The summed E-state index contributed by atoms with van der Waals surface area (Å²) in [6.07, 6.45) is 1.90. The van der Waals surface area contributed by atoms with Crippen LogP contribution in [-0.4, -0.2) is 35.0 Å². The lowest BCUT2D eigenvalue weighted by Gasteiger charge is -2.28. The quantitative estimate of drug-likeness (QED) is 0.581. The third-order valence-electron chi connectivity index (χ3n) is 2.89. The minimum absolute atomic E-state index is 0.0789. The molecule has 0 amide bonds. The number of hydrogen-bond donors (Lipinski definition) is 3. The van der Waals surface area contributed by atoms with E-state index in [9.17, 15) is 5.11 Å². The minimum Gasteiger partial charge on any atom is -0.396 e. The number of hydrogen-bond acceptors (Lipinski definition) is 3. The summed E-state index contributed by atoms with van der Waals surface area (Å²) in [7, 11) is 0. The van der Waals surface area contributed by atoms with Crippen LogP contribution in [0.15, 0.2) is 0 Å². The van der Waals surface area contributed by atoms with E-state index in [0.717, 1.165) is 19.4 Å². The maximum atomic E-state index is 9.69. The Hall–Kier alpha value is -0.120. The first-order chi connectivity index (χ1) is 6.41. The maximum absolute atomic E-state index is 9.69. The summed E-state index contributed by atoms with van der Waals surface area (Å²) < 4.78 is 0. The molecule has 0 fully saturated rings. The van der Waals surface area contributed by atoms with Gasteiger partial charge in [-0.3, -0.25) is 0 Å². The van der Waals surface area contributed by atoms with Crippen molar-refractivity contribution in [2.24, 2.45) is 5.92 Å². The van der Waals surface area contributed by atoms with Crippen LogP contribution in [0.25, 0.3) is 0 Å². The molecule has 2 unspecified atom stereocenters. The second-order valence-electron chi connectivity index (χ2n) is 4.57. The predicted octanol–water partition coefficient (Wildman–Crippen LogP) is 1.14. The summed E-state index contributed by atoms with van der Waals surface area (Å²) in [4.78, 5) is 0. The highest BCUT2D eigenvalue weighted by molar-refractivity contribution is 4.80. The summed E-state index contributed by atoms with van der Waals surface area (Å²) in [5.41, 5.74) is -0.683. The van der Waals surface area contributed by atoms with E-state index < -0.39 is 5.60 Å². The molecular formula is C11H25NO2. The van der Waals surface area contributed by atoms with Gasteiger partial charge in [0.1, 0.15) is 0 Å². The van der Waals surface area contributed by atoms with Crippen LogP contribution in [0.2, 0.25) is 0 Å². The van der Waals surface area contributed by atoms with Gasteiger partial charge in [0.05, 0.1) is 5.60 Å². The zero-order valence-electron chi connectivity index (χ0n) is 9.88. The van der Waals surface area contributed by atoms with Gasteiger partial charge in [0.25, 0.3) is 0 Å². The molecular weight excluding hydrogens is 178 g/mol. The number of aliphatic hydroxyl groups is 2. The van der Waals surface area contributed by atoms with Crippen LogP contribution >= 0.6 is 0 Å². The van der Waals surface area contributed by atoms with Gasteiger partial charge in [-0.2, -0.15) is 0 Å². The van der Waals surface area contributed by atoms with Crippen molar-refractivity contribution in [1.82, 2.24) is 5.32 Å². The van der Waals surface area contributed by atoms with E-state index in [1.165, 1.54) is 0 Å². The van der Waals surface area contributed by atoms with Crippen LogP contribution in [0.1, 0.15) is 40.5 Å². The summed E-state index contributed by atoms with van der Waals surface area (Å²) in [6, 6.07) is 0.0789. The number of nitrogens with one attached hydrogen (secondary N) is 1. The molecule has 0 rings (SSSR count). The predicted molar refractivity (Wildman–Crippen MR) is 59.2 cm³/mol. The van der Waals surface area contributed by atoms with Crippen LogP contribution in [-0.2, 0) is 0 Å². The first kappa shape index (κ1) is 13.9. The Kier molecular flexibility index (Phi) is 6.33. The molecule has 3 nitrogen and oxygen atoms in total. The molecule has 0 aliphatic rings. The lowest BCUT2D eigenvalue weighted by atomic mass is 9.98. The normalized spacial score (nSPS) is 16.7.